The van der Waals surface area contributed by atoms with Gasteiger partial charge in [-0.3, -0.25) is 4.79 Å². The third kappa shape index (κ3) is 3.82. The van der Waals surface area contributed by atoms with Gasteiger partial charge in [0.15, 0.2) is 0 Å². The summed E-state index contributed by atoms with van der Waals surface area (Å²) in [5, 5.41) is 1.12. The highest BCUT2D eigenvalue weighted by Crippen LogP contribution is 2.34. The van der Waals surface area contributed by atoms with E-state index in [0.29, 0.717) is 12.5 Å². The van der Waals surface area contributed by atoms with E-state index in [9.17, 15) is 4.79 Å². The van der Waals surface area contributed by atoms with Crippen molar-refractivity contribution in [2.24, 2.45) is 5.92 Å². The van der Waals surface area contributed by atoms with Crippen LogP contribution in [-0.4, -0.2) is 17.1 Å². The van der Waals surface area contributed by atoms with Crippen LogP contribution in [0.3, 0.4) is 0 Å². The fourth-order valence-electron chi connectivity index (χ4n) is 3.43. The van der Waals surface area contributed by atoms with E-state index in [2.05, 4.69) is 48.9 Å². The average Bonchev–Trinajstić information content (AvgIpc) is 3.02. The Balaban J connectivity index is 2.10. The van der Waals surface area contributed by atoms with Crippen LogP contribution >= 0.6 is 0 Å². The Morgan fingerprint density at radius 1 is 1.00 bits per heavy atom. The number of carbonyl (C=O) groups excluding carboxylic acids is 1. The smallest absolute Gasteiger partial charge is 0.313 e. The van der Waals surface area contributed by atoms with Crippen molar-refractivity contribution in [3.05, 3.63) is 66.4 Å². The van der Waals surface area contributed by atoms with Crippen LogP contribution in [0.2, 0.25) is 0 Å². The zero-order chi connectivity index (χ0) is 18.5. The lowest BCUT2D eigenvalue weighted by molar-refractivity contribution is -0.145. The van der Waals surface area contributed by atoms with E-state index in [1.54, 1.807) is 0 Å². The lowest BCUT2D eigenvalue weighted by Crippen LogP contribution is -2.16. The molecule has 1 heterocycles. The molecule has 136 valence electrons. The van der Waals surface area contributed by atoms with E-state index in [4.69, 9.17) is 4.74 Å². The summed E-state index contributed by atoms with van der Waals surface area (Å²) in [6.45, 7) is 6.66. The summed E-state index contributed by atoms with van der Waals surface area (Å²) < 4.78 is 7.58. The topological polar surface area (TPSA) is 31.2 Å². The summed E-state index contributed by atoms with van der Waals surface area (Å²) >= 11 is 0. The maximum absolute atomic E-state index is 12.7. The Morgan fingerprint density at radius 2 is 1.69 bits per heavy atom. The molecule has 0 fully saturated rings. The largest absolute Gasteiger partial charge is 0.466 e. The molecule has 3 nitrogen and oxygen atoms in total. The molecule has 26 heavy (non-hydrogen) atoms. The molecule has 3 rings (SSSR count). The van der Waals surface area contributed by atoms with Crippen molar-refractivity contribution in [2.45, 2.75) is 39.5 Å². The van der Waals surface area contributed by atoms with Gasteiger partial charge in [0.1, 0.15) is 0 Å². The van der Waals surface area contributed by atoms with Crippen LogP contribution in [0.25, 0.3) is 16.6 Å². The van der Waals surface area contributed by atoms with Gasteiger partial charge in [-0.15, -0.1) is 0 Å². The standard InChI is InChI=1S/C23H27NO2/c1-4-26-23(25)20(15-14-17(2)3)21-16-24(18-10-6-5-7-11-18)22-13-9-8-12-19(21)22/h5-13,16-17,20H,4,14-15H2,1-3H3/t20-/m1/s1. The first-order chi connectivity index (χ1) is 12.6. The zero-order valence-electron chi connectivity index (χ0n) is 15.8. The summed E-state index contributed by atoms with van der Waals surface area (Å²) in [5.74, 6) is 0.200. The zero-order valence-corrected chi connectivity index (χ0v) is 15.8. The van der Waals surface area contributed by atoms with Gasteiger partial charge in [-0.2, -0.15) is 0 Å². The van der Waals surface area contributed by atoms with Crippen molar-refractivity contribution in [3.8, 4) is 5.69 Å². The van der Waals surface area contributed by atoms with Gasteiger partial charge in [0.05, 0.1) is 18.0 Å². The van der Waals surface area contributed by atoms with Gasteiger partial charge in [-0.25, -0.2) is 0 Å². The Morgan fingerprint density at radius 3 is 2.38 bits per heavy atom. The van der Waals surface area contributed by atoms with Crippen molar-refractivity contribution >= 4 is 16.9 Å². The van der Waals surface area contributed by atoms with Crippen LogP contribution in [0.5, 0.6) is 0 Å². The van der Waals surface area contributed by atoms with Crippen LogP contribution in [0.15, 0.2) is 60.8 Å². The van der Waals surface area contributed by atoms with Crippen molar-refractivity contribution in [3.63, 3.8) is 0 Å². The lowest BCUT2D eigenvalue weighted by Gasteiger charge is -2.16. The maximum atomic E-state index is 12.7. The first-order valence-corrected chi connectivity index (χ1v) is 9.43. The number of rotatable bonds is 7. The minimum Gasteiger partial charge on any atom is -0.466 e. The predicted octanol–water partition coefficient (Wildman–Crippen LogP) is 5.71. The normalized spacial score (nSPS) is 12.5. The molecule has 0 bridgehead atoms. The molecule has 0 saturated carbocycles. The maximum Gasteiger partial charge on any atom is 0.313 e. The van der Waals surface area contributed by atoms with Crippen LogP contribution in [0.1, 0.15) is 45.1 Å². The first kappa shape index (κ1) is 18.2. The van der Waals surface area contributed by atoms with E-state index in [1.807, 2.05) is 37.3 Å². The van der Waals surface area contributed by atoms with Crippen LogP contribution in [-0.2, 0) is 9.53 Å². The quantitative estimate of drug-likeness (QED) is 0.511. The Hall–Kier alpha value is -2.55. The number of esters is 1. The highest BCUT2D eigenvalue weighted by molar-refractivity contribution is 5.91. The number of para-hydroxylation sites is 2. The number of benzene rings is 2. The molecule has 3 aromatic rings. The van der Waals surface area contributed by atoms with Gasteiger partial charge in [0.2, 0.25) is 0 Å². The molecule has 0 aliphatic rings. The fourth-order valence-corrected chi connectivity index (χ4v) is 3.43. The van der Waals surface area contributed by atoms with Gasteiger partial charge in [0, 0.05) is 17.3 Å². The highest BCUT2D eigenvalue weighted by atomic mass is 16.5. The van der Waals surface area contributed by atoms with E-state index in [0.717, 1.165) is 35.0 Å². The van der Waals surface area contributed by atoms with Gasteiger partial charge in [-0.05, 0) is 49.4 Å². The number of aromatic nitrogens is 1. The molecular formula is C23H27NO2. The Kier molecular flexibility index (Phi) is 5.77. The molecule has 0 unspecified atom stereocenters. The SMILES string of the molecule is CCOC(=O)[C@H](CCC(C)C)c1cn(-c2ccccc2)c2ccccc12. The number of carbonyl (C=O) groups is 1. The summed E-state index contributed by atoms with van der Waals surface area (Å²) in [5.41, 5.74) is 3.28. The minimum absolute atomic E-state index is 0.121. The van der Waals surface area contributed by atoms with Gasteiger partial charge < -0.3 is 9.30 Å². The molecule has 0 aliphatic carbocycles. The monoisotopic (exact) mass is 349 g/mol. The van der Waals surface area contributed by atoms with Crippen molar-refractivity contribution in [1.82, 2.24) is 4.57 Å². The van der Waals surface area contributed by atoms with E-state index >= 15 is 0 Å². The second-order valence-corrected chi connectivity index (χ2v) is 7.08. The average molecular weight is 349 g/mol. The van der Waals surface area contributed by atoms with Gasteiger partial charge in [0.25, 0.3) is 0 Å². The molecule has 1 atom stereocenters. The second-order valence-electron chi connectivity index (χ2n) is 7.08. The van der Waals surface area contributed by atoms with E-state index in [1.165, 1.54) is 0 Å². The van der Waals surface area contributed by atoms with Crippen molar-refractivity contribution in [2.75, 3.05) is 6.61 Å². The lowest BCUT2D eigenvalue weighted by atomic mass is 9.91. The number of ether oxygens (including phenoxy) is 1. The molecule has 0 spiro atoms. The summed E-state index contributed by atoms with van der Waals surface area (Å²) in [7, 11) is 0. The number of hydrogen-bond acceptors (Lipinski definition) is 2. The third-order valence-electron chi connectivity index (χ3n) is 4.76. The third-order valence-corrected chi connectivity index (χ3v) is 4.76. The molecule has 0 amide bonds. The molecule has 1 aromatic heterocycles. The van der Waals surface area contributed by atoms with Crippen LogP contribution in [0, 0.1) is 5.92 Å². The van der Waals surface area contributed by atoms with E-state index < -0.39 is 0 Å². The molecule has 0 radical (unpaired) electrons. The fraction of sp³-hybridized carbons (Fsp3) is 0.348. The van der Waals surface area contributed by atoms with Gasteiger partial charge >= 0.3 is 5.97 Å². The summed E-state index contributed by atoms with van der Waals surface area (Å²) in [6.07, 6.45) is 3.91. The van der Waals surface area contributed by atoms with Crippen molar-refractivity contribution < 1.29 is 9.53 Å². The Bertz CT molecular complexity index is 864. The molecule has 3 heteroatoms. The number of hydrogen-bond donors (Lipinski definition) is 0. The second kappa shape index (κ2) is 8.22. The van der Waals surface area contributed by atoms with Crippen LogP contribution < -0.4 is 0 Å². The predicted molar refractivity (Wildman–Crippen MR) is 107 cm³/mol. The number of nitrogens with zero attached hydrogens (tertiary/aromatic N) is 1. The van der Waals surface area contributed by atoms with E-state index in [-0.39, 0.29) is 11.9 Å². The number of fused-ring (bicyclic) bond motifs is 1. The molecule has 0 saturated heterocycles. The van der Waals surface area contributed by atoms with Crippen LogP contribution in [0.4, 0.5) is 0 Å². The summed E-state index contributed by atoms with van der Waals surface area (Å²) in [4.78, 5) is 12.7. The summed E-state index contributed by atoms with van der Waals surface area (Å²) in [6, 6.07) is 18.5. The molecule has 0 aliphatic heterocycles. The minimum atomic E-state index is -0.229. The highest BCUT2D eigenvalue weighted by Gasteiger charge is 2.26. The Labute approximate surface area is 155 Å². The first-order valence-electron chi connectivity index (χ1n) is 9.43. The molecule has 0 N–H and O–H groups in total. The molecular weight excluding hydrogens is 322 g/mol. The van der Waals surface area contributed by atoms with Crippen molar-refractivity contribution in [1.29, 1.82) is 0 Å². The molecule has 2 aromatic carbocycles. The van der Waals surface area contributed by atoms with Gasteiger partial charge in [-0.1, -0.05) is 50.2 Å².